The first kappa shape index (κ1) is 16.6. The van der Waals surface area contributed by atoms with Crippen molar-refractivity contribution in [2.75, 3.05) is 0 Å². The first-order valence-corrected chi connectivity index (χ1v) is 8.68. The molecule has 1 aliphatic rings. The van der Waals surface area contributed by atoms with E-state index in [0.29, 0.717) is 5.41 Å². The van der Waals surface area contributed by atoms with Crippen molar-refractivity contribution in [3.8, 4) is 5.75 Å². The van der Waals surface area contributed by atoms with Gasteiger partial charge in [-0.1, -0.05) is 82.0 Å². The molecule has 1 N–H and O–H groups in total. The van der Waals surface area contributed by atoms with E-state index in [2.05, 4.69) is 57.7 Å². The average molecular weight is 318 g/mol. The average Bonchev–Trinajstić information content (AvgIpc) is 3.07. The van der Waals surface area contributed by atoms with E-state index in [1.54, 1.807) is 6.07 Å². The number of aromatic hydroxyl groups is 1. The summed E-state index contributed by atoms with van der Waals surface area (Å²) in [6, 6.07) is 16.1. The van der Waals surface area contributed by atoms with Crippen LogP contribution in [0.2, 0.25) is 0 Å². The minimum Gasteiger partial charge on any atom is -0.507 e. The van der Waals surface area contributed by atoms with Crippen molar-refractivity contribution in [1.29, 1.82) is 0 Å². The van der Waals surface area contributed by atoms with E-state index in [0.717, 1.165) is 29.4 Å². The first-order chi connectivity index (χ1) is 11.5. The van der Waals surface area contributed by atoms with E-state index in [9.17, 15) is 5.11 Å². The summed E-state index contributed by atoms with van der Waals surface area (Å²) in [5.74, 6) is 1.75. The monoisotopic (exact) mass is 318 g/mol. The van der Waals surface area contributed by atoms with Gasteiger partial charge in [-0.2, -0.15) is 0 Å². The van der Waals surface area contributed by atoms with Gasteiger partial charge in [-0.25, -0.2) is 0 Å². The summed E-state index contributed by atoms with van der Waals surface area (Å²) in [7, 11) is 0. The topological polar surface area (TPSA) is 20.2 Å². The molecule has 0 heterocycles. The van der Waals surface area contributed by atoms with Crippen molar-refractivity contribution in [3.05, 3.63) is 84.0 Å². The van der Waals surface area contributed by atoms with Gasteiger partial charge in [0.15, 0.2) is 0 Å². The van der Waals surface area contributed by atoms with E-state index in [1.165, 1.54) is 11.1 Å². The Hall–Kier alpha value is -2.28. The van der Waals surface area contributed by atoms with Crippen LogP contribution in [-0.4, -0.2) is 5.11 Å². The van der Waals surface area contributed by atoms with Crippen LogP contribution >= 0.6 is 0 Å². The van der Waals surface area contributed by atoms with Crippen LogP contribution in [-0.2, 0) is 11.8 Å². The van der Waals surface area contributed by atoms with Crippen LogP contribution in [0.15, 0.2) is 67.3 Å². The Balaban J connectivity index is 1.76. The molecule has 0 saturated heterocycles. The molecule has 1 fully saturated rings. The summed E-state index contributed by atoms with van der Waals surface area (Å²) < 4.78 is 0. The molecule has 0 bridgehead atoms. The zero-order valence-electron chi connectivity index (χ0n) is 14.8. The quantitative estimate of drug-likeness (QED) is 0.696. The predicted molar refractivity (Wildman–Crippen MR) is 102 cm³/mol. The van der Waals surface area contributed by atoms with Crippen LogP contribution in [0.3, 0.4) is 0 Å². The molecular weight excluding hydrogens is 292 g/mol. The molecule has 2 atom stereocenters. The third kappa shape index (κ3) is 2.80. The van der Waals surface area contributed by atoms with E-state index in [1.807, 2.05) is 24.3 Å². The smallest absolute Gasteiger partial charge is 0.123 e. The van der Waals surface area contributed by atoms with E-state index in [-0.39, 0.29) is 5.75 Å². The second-order valence-electron chi connectivity index (χ2n) is 7.17. The Morgan fingerprint density at radius 3 is 2.38 bits per heavy atom. The molecule has 1 aliphatic carbocycles. The van der Waals surface area contributed by atoms with Gasteiger partial charge in [0.1, 0.15) is 5.75 Å². The number of hydrogen-bond acceptors (Lipinski definition) is 1. The molecule has 1 heteroatoms. The Morgan fingerprint density at radius 1 is 1.08 bits per heavy atom. The molecule has 2 aromatic rings. The van der Waals surface area contributed by atoms with E-state index in [4.69, 9.17) is 0 Å². The van der Waals surface area contributed by atoms with Gasteiger partial charge < -0.3 is 5.11 Å². The molecule has 2 unspecified atom stereocenters. The molecule has 1 nitrogen and oxygen atoms in total. The molecule has 0 aliphatic heterocycles. The summed E-state index contributed by atoms with van der Waals surface area (Å²) in [5.41, 5.74) is 4.79. The van der Waals surface area contributed by atoms with Gasteiger partial charge >= 0.3 is 0 Å². The maximum absolute atomic E-state index is 9.92. The predicted octanol–water partition coefficient (Wildman–Crippen LogP) is 5.75. The highest BCUT2D eigenvalue weighted by Gasteiger charge is 2.56. The SMILES string of the molecule is C=C(/C=C\Cc1ccccc1C1(C)C(C)C1C)c1ccccc1O. The molecular formula is C23H26O. The fourth-order valence-electron chi connectivity index (χ4n) is 3.86. The summed E-state index contributed by atoms with van der Waals surface area (Å²) in [4.78, 5) is 0. The number of hydrogen-bond donors (Lipinski definition) is 1. The number of allylic oxidation sites excluding steroid dienone is 3. The minimum atomic E-state index is 0.278. The lowest BCUT2D eigenvalue weighted by molar-refractivity contribution is 0.474. The second kappa shape index (κ2) is 6.32. The number of phenols is 1. The van der Waals surface area contributed by atoms with Crippen molar-refractivity contribution in [2.24, 2.45) is 11.8 Å². The molecule has 0 amide bonds. The molecule has 3 rings (SSSR count). The normalized spacial score (nSPS) is 25.8. The lowest BCUT2D eigenvalue weighted by atomic mass is 9.88. The third-order valence-electron chi connectivity index (χ3n) is 6.04. The zero-order chi connectivity index (χ0) is 17.3. The van der Waals surface area contributed by atoms with E-state index >= 15 is 0 Å². The number of rotatable bonds is 5. The van der Waals surface area contributed by atoms with Crippen LogP contribution in [0, 0.1) is 11.8 Å². The Kier molecular flexibility index (Phi) is 4.36. The van der Waals surface area contributed by atoms with Crippen molar-refractivity contribution >= 4 is 5.57 Å². The van der Waals surface area contributed by atoms with E-state index < -0.39 is 0 Å². The first-order valence-electron chi connectivity index (χ1n) is 8.68. The van der Waals surface area contributed by atoms with Gasteiger partial charge in [0.2, 0.25) is 0 Å². The van der Waals surface area contributed by atoms with Gasteiger partial charge in [-0.3, -0.25) is 0 Å². The lowest BCUT2D eigenvalue weighted by Crippen LogP contribution is -2.08. The van der Waals surface area contributed by atoms with Gasteiger partial charge in [0, 0.05) is 5.56 Å². The van der Waals surface area contributed by atoms with Gasteiger partial charge in [-0.15, -0.1) is 0 Å². The van der Waals surface area contributed by atoms with Crippen molar-refractivity contribution < 1.29 is 5.11 Å². The largest absolute Gasteiger partial charge is 0.507 e. The maximum Gasteiger partial charge on any atom is 0.123 e. The summed E-state index contributed by atoms with van der Waals surface area (Å²) in [6.07, 6.45) is 5.04. The molecule has 1 saturated carbocycles. The Labute approximate surface area is 145 Å². The standard InChI is InChI=1S/C23H26O/c1-16(20-13-6-8-15-22(20)24)10-9-12-19-11-5-7-14-21(19)23(4)17(2)18(23)3/h5-11,13-15,17-18,24H,1,12H2,2-4H3/b10-9-. The number of benzene rings is 2. The van der Waals surface area contributed by atoms with Crippen LogP contribution in [0.5, 0.6) is 5.75 Å². The van der Waals surface area contributed by atoms with Gasteiger partial charge in [0.25, 0.3) is 0 Å². The van der Waals surface area contributed by atoms with Crippen molar-refractivity contribution in [2.45, 2.75) is 32.6 Å². The number of para-hydroxylation sites is 1. The molecule has 124 valence electrons. The summed E-state index contributed by atoms with van der Waals surface area (Å²) in [5, 5.41) is 9.92. The Morgan fingerprint density at radius 2 is 1.71 bits per heavy atom. The summed E-state index contributed by atoms with van der Waals surface area (Å²) >= 11 is 0. The zero-order valence-corrected chi connectivity index (χ0v) is 14.8. The van der Waals surface area contributed by atoms with Crippen LogP contribution in [0.4, 0.5) is 0 Å². The van der Waals surface area contributed by atoms with Crippen molar-refractivity contribution in [3.63, 3.8) is 0 Å². The second-order valence-corrected chi connectivity index (χ2v) is 7.17. The highest BCUT2D eigenvalue weighted by molar-refractivity contribution is 5.75. The maximum atomic E-state index is 9.92. The fraction of sp³-hybridized carbons (Fsp3) is 0.304. The van der Waals surface area contributed by atoms with Gasteiger partial charge in [0.05, 0.1) is 0 Å². The molecule has 0 spiro atoms. The molecule has 24 heavy (non-hydrogen) atoms. The van der Waals surface area contributed by atoms with Crippen LogP contribution in [0.25, 0.3) is 5.57 Å². The minimum absolute atomic E-state index is 0.278. The number of phenolic OH excluding ortho intramolecular Hbond substituents is 1. The van der Waals surface area contributed by atoms with Crippen LogP contribution in [0.1, 0.15) is 37.5 Å². The van der Waals surface area contributed by atoms with Crippen molar-refractivity contribution in [1.82, 2.24) is 0 Å². The van der Waals surface area contributed by atoms with Gasteiger partial charge in [-0.05, 0) is 46.4 Å². The molecule has 2 aromatic carbocycles. The summed E-state index contributed by atoms with van der Waals surface area (Å²) in [6.45, 7) is 11.1. The highest BCUT2D eigenvalue weighted by atomic mass is 16.3. The highest BCUT2D eigenvalue weighted by Crippen LogP contribution is 2.59. The Bertz CT molecular complexity index is 776. The molecule has 0 radical (unpaired) electrons. The molecule has 0 aromatic heterocycles. The lowest BCUT2D eigenvalue weighted by Gasteiger charge is -2.16. The fourth-order valence-corrected chi connectivity index (χ4v) is 3.86. The third-order valence-corrected chi connectivity index (χ3v) is 6.04. The van der Waals surface area contributed by atoms with Crippen LogP contribution < -0.4 is 0 Å².